The first-order valence-corrected chi connectivity index (χ1v) is 6.99. The predicted octanol–water partition coefficient (Wildman–Crippen LogP) is 1.21. The molecule has 2 rings (SSSR count). The summed E-state index contributed by atoms with van der Waals surface area (Å²) in [6.45, 7) is 0.965. The molecule has 0 saturated heterocycles. The highest BCUT2D eigenvalue weighted by molar-refractivity contribution is 5.94. The number of carbonyl (C=O) groups excluding carboxylic acids is 2. The number of nitrogens with two attached hydrogens (primary N) is 1. The average Bonchev–Trinajstić information content (AvgIpc) is 2.55. The summed E-state index contributed by atoms with van der Waals surface area (Å²) in [4.78, 5) is 27.5. The van der Waals surface area contributed by atoms with Crippen LogP contribution >= 0.6 is 0 Å². The second-order valence-corrected chi connectivity index (χ2v) is 4.73. The Morgan fingerprint density at radius 3 is 2.18 bits per heavy atom. The monoisotopic (exact) mass is 298 g/mol. The van der Waals surface area contributed by atoms with Crippen molar-refractivity contribution in [1.82, 2.24) is 15.6 Å². The van der Waals surface area contributed by atoms with Crippen molar-refractivity contribution in [3.63, 3.8) is 0 Å². The maximum Gasteiger partial charge on any atom is 0.252 e. The van der Waals surface area contributed by atoms with Crippen LogP contribution in [0, 0.1) is 0 Å². The van der Waals surface area contributed by atoms with E-state index in [9.17, 15) is 9.59 Å². The number of nitrogens with zero attached hydrogens (tertiary/aromatic N) is 1. The van der Waals surface area contributed by atoms with E-state index < -0.39 is 0 Å². The minimum atomic E-state index is -0.169. The summed E-state index contributed by atoms with van der Waals surface area (Å²) in [6.07, 6.45) is 3.77. The molecule has 1 heterocycles. The van der Waals surface area contributed by atoms with Crippen LogP contribution in [0.5, 0.6) is 0 Å². The van der Waals surface area contributed by atoms with Crippen molar-refractivity contribution in [2.75, 3.05) is 18.8 Å². The summed E-state index contributed by atoms with van der Waals surface area (Å²) in [5, 5.41) is 5.56. The van der Waals surface area contributed by atoms with Crippen LogP contribution in [0.2, 0.25) is 0 Å². The molecule has 6 nitrogen and oxygen atoms in total. The van der Waals surface area contributed by atoms with Crippen LogP contribution in [0.15, 0.2) is 48.8 Å². The molecule has 0 bridgehead atoms. The average molecular weight is 298 g/mol. The number of pyridine rings is 1. The fraction of sp³-hybridized carbons (Fsp3) is 0.188. The van der Waals surface area contributed by atoms with E-state index in [1.165, 1.54) is 6.20 Å². The topological polar surface area (TPSA) is 97.1 Å². The molecular formula is C16H18N4O2. The third-order valence-electron chi connectivity index (χ3n) is 3.02. The molecule has 2 aromatic rings. The number of aromatic nitrogens is 1. The van der Waals surface area contributed by atoms with E-state index in [2.05, 4.69) is 15.6 Å². The summed E-state index contributed by atoms with van der Waals surface area (Å²) in [6, 6.07) is 10.1. The Hall–Kier alpha value is -2.89. The molecule has 0 aliphatic carbocycles. The minimum Gasteiger partial charge on any atom is -0.399 e. The normalized spacial score (nSPS) is 10.0. The molecule has 0 saturated carbocycles. The molecule has 2 amide bonds. The predicted molar refractivity (Wildman–Crippen MR) is 84.4 cm³/mol. The number of hydrogen-bond donors (Lipinski definition) is 3. The van der Waals surface area contributed by atoms with Crippen LogP contribution < -0.4 is 16.4 Å². The van der Waals surface area contributed by atoms with Crippen molar-refractivity contribution in [3.8, 4) is 0 Å². The quantitative estimate of drug-likeness (QED) is 0.551. The van der Waals surface area contributed by atoms with Crippen molar-refractivity contribution >= 4 is 17.5 Å². The van der Waals surface area contributed by atoms with Gasteiger partial charge in [-0.2, -0.15) is 0 Å². The lowest BCUT2D eigenvalue weighted by atomic mass is 10.2. The lowest BCUT2D eigenvalue weighted by Gasteiger charge is -2.07. The zero-order chi connectivity index (χ0) is 15.8. The smallest absolute Gasteiger partial charge is 0.252 e. The van der Waals surface area contributed by atoms with Crippen LogP contribution in [-0.2, 0) is 0 Å². The number of carbonyl (C=O) groups is 2. The van der Waals surface area contributed by atoms with Gasteiger partial charge in [0.1, 0.15) is 0 Å². The Morgan fingerprint density at radius 1 is 0.955 bits per heavy atom. The highest BCUT2D eigenvalue weighted by atomic mass is 16.2. The highest BCUT2D eigenvalue weighted by Gasteiger charge is 2.05. The first kappa shape index (κ1) is 15.5. The zero-order valence-corrected chi connectivity index (χ0v) is 12.1. The fourth-order valence-electron chi connectivity index (χ4n) is 1.83. The standard InChI is InChI=1S/C16H18N4O2/c17-14-6-4-12(5-7-14)15(21)19-9-2-10-20-16(22)13-3-1-8-18-11-13/h1,3-8,11H,2,9-10,17H2,(H,19,21)(H,20,22). The summed E-state index contributed by atoms with van der Waals surface area (Å²) in [7, 11) is 0. The zero-order valence-electron chi connectivity index (χ0n) is 12.1. The van der Waals surface area contributed by atoms with Gasteiger partial charge >= 0.3 is 0 Å². The molecule has 1 aromatic carbocycles. The van der Waals surface area contributed by atoms with Crippen molar-refractivity contribution in [2.45, 2.75) is 6.42 Å². The fourth-order valence-corrected chi connectivity index (χ4v) is 1.83. The first-order valence-electron chi connectivity index (χ1n) is 6.99. The SMILES string of the molecule is Nc1ccc(C(=O)NCCCNC(=O)c2cccnc2)cc1. The Labute approximate surface area is 128 Å². The number of anilines is 1. The van der Waals surface area contributed by atoms with Crippen LogP contribution in [0.25, 0.3) is 0 Å². The third-order valence-corrected chi connectivity index (χ3v) is 3.02. The van der Waals surface area contributed by atoms with Gasteiger partial charge in [0.15, 0.2) is 0 Å². The lowest BCUT2D eigenvalue weighted by molar-refractivity contribution is 0.0951. The second kappa shape index (κ2) is 7.78. The molecule has 0 aliphatic rings. The van der Waals surface area contributed by atoms with E-state index in [0.717, 1.165) is 0 Å². The van der Waals surface area contributed by atoms with Crippen LogP contribution in [-0.4, -0.2) is 29.9 Å². The Morgan fingerprint density at radius 2 is 1.59 bits per heavy atom. The number of hydrogen-bond acceptors (Lipinski definition) is 4. The van der Waals surface area contributed by atoms with E-state index in [1.54, 1.807) is 42.6 Å². The molecule has 0 fully saturated rings. The summed E-state index contributed by atoms with van der Waals surface area (Å²) >= 11 is 0. The maximum atomic E-state index is 11.8. The Kier molecular flexibility index (Phi) is 5.48. The molecule has 0 atom stereocenters. The Bertz CT molecular complexity index is 626. The van der Waals surface area contributed by atoms with E-state index >= 15 is 0 Å². The van der Waals surface area contributed by atoms with Crippen molar-refractivity contribution in [1.29, 1.82) is 0 Å². The van der Waals surface area contributed by atoms with Gasteiger partial charge in [0.2, 0.25) is 0 Å². The molecule has 0 spiro atoms. The number of nitrogens with one attached hydrogen (secondary N) is 2. The molecule has 1 aromatic heterocycles. The number of rotatable bonds is 6. The Balaban J connectivity index is 1.66. The lowest BCUT2D eigenvalue weighted by Crippen LogP contribution is -2.29. The van der Waals surface area contributed by atoms with Gasteiger partial charge in [-0.1, -0.05) is 0 Å². The number of amides is 2. The van der Waals surface area contributed by atoms with Gasteiger partial charge in [0.25, 0.3) is 11.8 Å². The molecule has 114 valence electrons. The summed E-state index contributed by atoms with van der Waals surface area (Å²) in [5.41, 5.74) is 7.27. The van der Waals surface area contributed by atoms with Gasteiger partial charge < -0.3 is 16.4 Å². The molecule has 0 radical (unpaired) electrons. The van der Waals surface area contributed by atoms with Crippen LogP contribution in [0.1, 0.15) is 27.1 Å². The van der Waals surface area contributed by atoms with Gasteiger partial charge in [-0.15, -0.1) is 0 Å². The molecular weight excluding hydrogens is 280 g/mol. The van der Waals surface area contributed by atoms with E-state index in [4.69, 9.17) is 5.73 Å². The van der Waals surface area contributed by atoms with Crippen molar-refractivity contribution in [2.24, 2.45) is 0 Å². The van der Waals surface area contributed by atoms with Gasteiger partial charge in [0.05, 0.1) is 5.56 Å². The second-order valence-electron chi connectivity index (χ2n) is 4.73. The van der Waals surface area contributed by atoms with Gasteiger partial charge in [0, 0.05) is 36.7 Å². The molecule has 0 unspecified atom stereocenters. The van der Waals surface area contributed by atoms with Gasteiger partial charge in [-0.05, 0) is 42.8 Å². The van der Waals surface area contributed by atoms with E-state index in [1.807, 2.05) is 0 Å². The van der Waals surface area contributed by atoms with Crippen LogP contribution in [0.3, 0.4) is 0 Å². The maximum absolute atomic E-state index is 11.8. The van der Waals surface area contributed by atoms with Gasteiger partial charge in [-0.3, -0.25) is 14.6 Å². The molecule has 0 aliphatic heterocycles. The molecule has 4 N–H and O–H groups in total. The molecule has 22 heavy (non-hydrogen) atoms. The van der Waals surface area contributed by atoms with Crippen LogP contribution in [0.4, 0.5) is 5.69 Å². The first-order chi connectivity index (χ1) is 10.7. The summed E-state index contributed by atoms with van der Waals surface area (Å²) < 4.78 is 0. The van der Waals surface area contributed by atoms with Crippen molar-refractivity contribution < 1.29 is 9.59 Å². The highest BCUT2D eigenvalue weighted by Crippen LogP contribution is 2.04. The van der Waals surface area contributed by atoms with Crippen molar-refractivity contribution in [3.05, 3.63) is 59.9 Å². The largest absolute Gasteiger partial charge is 0.399 e. The minimum absolute atomic E-state index is 0.154. The molecule has 6 heteroatoms. The summed E-state index contributed by atoms with van der Waals surface area (Å²) in [5.74, 6) is -0.323. The third kappa shape index (κ3) is 4.59. The number of benzene rings is 1. The van der Waals surface area contributed by atoms with E-state index in [0.29, 0.717) is 36.3 Å². The van der Waals surface area contributed by atoms with E-state index in [-0.39, 0.29) is 11.8 Å². The van der Waals surface area contributed by atoms with Gasteiger partial charge in [-0.25, -0.2) is 0 Å². The number of nitrogen functional groups attached to an aromatic ring is 1.